The Hall–Kier alpha value is -1.53. The van der Waals surface area contributed by atoms with Crippen molar-refractivity contribution in [2.45, 2.75) is 11.8 Å². The summed E-state index contributed by atoms with van der Waals surface area (Å²) >= 11 is 1.58. The number of likely N-dealkylation sites (N-methyl/N-ethyl adjacent to an activating group) is 1. The van der Waals surface area contributed by atoms with Crippen molar-refractivity contribution in [2.24, 2.45) is 0 Å². The molecule has 0 atom stereocenters. The van der Waals surface area contributed by atoms with Crippen molar-refractivity contribution >= 4 is 23.6 Å². The molecular formula is C15H22N2O3S. The van der Waals surface area contributed by atoms with Crippen molar-refractivity contribution in [3.05, 3.63) is 29.3 Å². The minimum absolute atomic E-state index is 0.0332. The molecule has 0 aliphatic carbocycles. The molecule has 0 aromatic heterocycles. The summed E-state index contributed by atoms with van der Waals surface area (Å²) in [4.78, 5) is 26.6. The van der Waals surface area contributed by atoms with Crippen LogP contribution in [-0.2, 0) is 9.53 Å². The van der Waals surface area contributed by atoms with Crippen LogP contribution in [0.4, 0.5) is 0 Å². The van der Waals surface area contributed by atoms with Gasteiger partial charge in [-0.2, -0.15) is 0 Å². The third-order valence-electron chi connectivity index (χ3n) is 3.03. The molecule has 1 rings (SSSR count). The van der Waals surface area contributed by atoms with E-state index in [2.05, 4.69) is 5.32 Å². The monoisotopic (exact) mass is 310 g/mol. The zero-order valence-corrected chi connectivity index (χ0v) is 13.8. The van der Waals surface area contributed by atoms with E-state index in [0.717, 1.165) is 10.5 Å². The van der Waals surface area contributed by atoms with Crippen LogP contribution in [0.5, 0.6) is 0 Å². The number of hydrogen-bond acceptors (Lipinski definition) is 4. The molecule has 0 fully saturated rings. The van der Waals surface area contributed by atoms with E-state index in [1.54, 1.807) is 25.9 Å². The Balaban J connectivity index is 2.67. The quantitative estimate of drug-likeness (QED) is 0.613. The third-order valence-corrected chi connectivity index (χ3v) is 3.76. The van der Waals surface area contributed by atoms with Gasteiger partial charge >= 0.3 is 0 Å². The second kappa shape index (κ2) is 8.69. The molecule has 2 amide bonds. The van der Waals surface area contributed by atoms with Gasteiger partial charge in [0.2, 0.25) is 5.91 Å². The number of benzene rings is 1. The van der Waals surface area contributed by atoms with Crippen molar-refractivity contribution in [1.29, 1.82) is 0 Å². The van der Waals surface area contributed by atoms with Gasteiger partial charge in [-0.1, -0.05) is 6.07 Å². The van der Waals surface area contributed by atoms with E-state index in [-0.39, 0.29) is 18.4 Å². The number of carbonyl (C=O) groups is 2. The van der Waals surface area contributed by atoms with Crippen LogP contribution in [-0.4, -0.2) is 56.8 Å². The lowest BCUT2D eigenvalue weighted by molar-refractivity contribution is -0.121. The average Bonchev–Trinajstić information content (AvgIpc) is 2.47. The van der Waals surface area contributed by atoms with Crippen LogP contribution in [0.3, 0.4) is 0 Å². The number of aryl methyl sites for hydroxylation is 1. The summed E-state index contributed by atoms with van der Waals surface area (Å²) in [5.41, 5.74) is 1.54. The zero-order chi connectivity index (χ0) is 15.8. The van der Waals surface area contributed by atoms with E-state index in [0.29, 0.717) is 18.7 Å². The topological polar surface area (TPSA) is 58.6 Å². The molecule has 0 saturated heterocycles. The molecule has 0 radical (unpaired) electrons. The minimum atomic E-state index is -0.193. The Labute approximate surface area is 130 Å². The van der Waals surface area contributed by atoms with E-state index in [9.17, 15) is 9.59 Å². The smallest absolute Gasteiger partial charge is 0.254 e. The number of nitrogens with one attached hydrogen (secondary N) is 1. The molecule has 0 heterocycles. The van der Waals surface area contributed by atoms with E-state index in [4.69, 9.17) is 4.74 Å². The first-order chi connectivity index (χ1) is 9.99. The molecule has 0 bridgehead atoms. The minimum Gasteiger partial charge on any atom is -0.383 e. The Bertz CT molecular complexity index is 506. The van der Waals surface area contributed by atoms with Gasteiger partial charge in [-0.25, -0.2) is 0 Å². The highest BCUT2D eigenvalue weighted by molar-refractivity contribution is 7.98. The lowest BCUT2D eigenvalue weighted by atomic mass is 10.1. The summed E-state index contributed by atoms with van der Waals surface area (Å²) in [6.07, 6.45) is 1.96. The molecule has 6 heteroatoms. The fourth-order valence-corrected chi connectivity index (χ4v) is 2.24. The van der Waals surface area contributed by atoms with Crippen LogP contribution in [0.15, 0.2) is 23.1 Å². The zero-order valence-electron chi connectivity index (χ0n) is 12.9. The van der Waals surface area contributed by atoms with Gasteiger partial charge in [0.15, 0.2) is 0 Å². The third kappa shape index (κ3) is 5.40. The lowest BCUT2D eigenvalue weighted by Gasteiger charge is -2.18. The normalized spacial score (nSPS) is 10.3. The maximum atomic E-state index is 12.4. The molecular weight excluding hydrogens is 288 g/mol. The lowest BCUT2D eigenvalue weighted by Crippen LogP contribution is -2.39. The molecule has 1 aromatic rings. The van der Waals surface area contributed by atoms with Gasteiger partial charge in [0.25, 0.3) is 5.91 Å². The van der Waals surface area contributed by atoms with E-state index >= 15 is 0 Å². The maximum Gasteiger partial charge on any atom is 0.254 e. The number of ether oxygens (including phenoxy) is 1. The summed E-state index contributed by atoms with van der Waals surface area (Å²) in [5, 5.41) is 2.70. The number of carbonyl (C=O) groups excluding carboxylic acids is 2. The van der Waals surface area contributed by atoms with Crippen LogP contribution in [0.1, 0.15) is 15.9 Å². The van der Waals surface area contributed by atoms with E-state index in [1.807, 2.05) is 31.4 Å². The number of methoxy groups -OCH3 is 1. The highest BCUT2D eigenvalue weighted by atomic mass is 32.2. The second-order valence-electron chi connectivity index (χ2n) is 4.68. The molecule has 0 saturated carbocycles. The SMILES string of the molecule is COCCNC(=O)CN(C)C(=O)c1cc(SC)ccc1C. The van der Waals surface area contributed by atoms with E-state index in [1.165, 1.54) is 4.90 Å². The van der Waals surface area contributed by atoms with Gasteiger partial charge in [0.1, 0.15) is 0 Å². The first kappa shape index (κ1) is 17.5. The molecule has 0 unspecified atom stereocenters. The van der Waals surface area contributed by atoms with Crippen molar-refractivity contribution in [3.8, 4) is 0 Å². The van der Waals surface area contributed by atoms with Crippen LogP contribution in [0.25, 0.3) is 0 Å². The number of nitrogens with zero attached hydrogens (tertiary/aromatic N) is 1. The molecule has 0 aliphatic heterocycles. The van der Waals surface area contributed by atoms with Crippen molar-refractivity contribution in [3.63, 3.8) is 0 Å². The standard InChI is InChI=1S/C15H22N2O3S/c1-11-5-6-12(21-4)9-13(11)15(19)17(2)10-14(18)16-7-8-20-3/h5-6,9H,7-8,10H2,1-4H3,(H,16,18). The van der Waals surface area contributed by atoms with Gasteiger partial charge in [0, 0.05) is 31.2 Å². The van der Waals surface area contributed by atoms with Gasteiger partial charge in [-0.3, -0.25) is 9.59 Å². The number of amides is 2. The summed E-state index contributed by atoms with van der Waals surface area (Å²) in [7, 11) is 3.20. The molecule has 1 N–H and O–H groups in total. The summed E-state index contributed by atoms with van der Waals surface area (Å²) in [5.74, 6) is -0.341. The first-order valence-electron chi connectivity index (χ1n) is 6.65. The molecule has 0 spiro atoms. The number of thioether (sulfide) groups is 1. The number of rotatable bonds is 7. The molecule has 5 nitrogen and oxygen atoms in total. The second-order valence-corrected chi connectivity index (χ2v) is 5.56. The Kier molecular flexibility index (Phi) is 7.25. The summed E-state index contributed by atoms with van der Waals surface area (Å²) in [6.45, 7) is 2.83. The van der Waals surface area contributed by atoms with Crippen LogP contribution < -0.4 is 5.32 Å². The molecule has 116 valence electrons. The predicted octanol–water partition coefficient (Wildman–Crippen LogP) is 1.55. The van der Waals surface area contributed by atoms with Crippen molar-refractivity contribution < 1.29 is 14.3 Å². The van der Waals surface area contributed by atoms with Crippen LogP contribution in [0, 0.1) is 6.92 Å². The molecule has 1 aromatic carbocycles. The van der Waals surface area contributed by atoms with Gasteiger partial charge in [-0.15, -0.1) is 11.8 Å². The van der Waals surface area contributed by atoms with Gasteiger partial charge in [-0.05, 0) is 30.9 Å². The Morgan fingerprint density at radius 3 is 2.71 bits per heavy atom. The van der Waals surface area contributed by atoms with Crippen molar-refractivity contribution in [2.75, 3.05) is 40.1 Å². The largest absolute Gasteiger partial charge is 0.383 e. The Morgan fingerprint density at radius 2 is 2.10 bits per heavy atom. The fourth-order valence-electron chi connectivity index (χ4n) is 1.80. The molecule has 21 heavy (non-hydrogen) atoms. The summed E-state index contributed by atoms with van der Waals surface area (Å²) in [6, 6.07) is 5.77. The molecule has 0 aliphatic rings. The highest BCUT2D eigenvalue weighted by Crippen LogP contribution is 2.20. The number of hydrogen-bond donors (Lipinski definition) is 1. The highest BCUT2D eigenvalue weighted by Gasteiger charge is 2.17. The van der Waals surface area contributed by atoms with Crippen LogP contribution in [0.2, 0.25) is 0 Å². The van der Waals surface area contributed by atoms with E-state index < -0.39 is 0 Å². The summed E-state index contributed by atoms with van der Waals surface area (Å²) < 4.78 is 4.86. The van der Waals surface area contributed by atoms with Gasteiger partial charge in [0.05, 0.1) is 13.2 Å². The first-order valence-corrected chi connectivity index (χ1v) is 7.87. The maximum absolute atomic E-state index is 12.4. The Morgan fingerprint density at radius 1 is 1.38 bits per heavy atom. The van der Waals surface area contributed by atoms with Crippen molar-refractivity contribution in [1.82, 2.24) is 10.2 Å². The predicted molar refractivity (Wildman–Crippen MR) is 84.8 cm³/mol. The average molecular weight is 310 g/mol. The fraction of sp³-hybridized carbons (Fsp3) is 0.467. The van der Waals surface area contributed by atoms with Crippen LogP contribution >= 0.6 is 11.8 Å². The van der Waals surface area contributed by atoms with Gasteiger partial charge < -0.3 is 15.0 Å².